The van der Waals surface area contributed by atoms with E-state index in [1.54, 1.807) is 17.2 Å². The summed E-state index contributed by atoms with van der Waals surface area (Å²) in [5.74, 6) is 3.29. The van der Waals surface area contributed by atoms with Crippen LogP contribution < -0.4 is 24.4 Å². The van der Waals surface area contributed by atoms with Crippen molar-refractivity contribution in [2.24, 2.45) is 21.1 Å². The molecule has 7 aliphatic rings. The van der Waals surface area contributed by atoms with Crippen molar-refractivity contribution in [2.75, 3.05) is 52.5 Å². The van der Waals surface area contributed by atoms with E-state index in [1.165, 1.54) is 0 Å². The molecule has 4 fully saturated rings. The Kier molecular flexibility index (Phi) is 16.7. The van der Waals surface area contributed by atoms with E-state index in [-0.39, 0.29) is 34.8 Å². The van der Waals surface area contributed by atoms with Crippen molar-refractivity contribution < 1.29 is 38.1 Å². The molecule has 1 atom stereocenters. The number of carbonyl (C=O) groups is 3. The lowest BCUT2D eigenvalue weighted by Gasteiger charge is -2.45. The molecule has 496 valence electrons. The summed E-state index contributed by atoms with van der Waals surface area (Å²) in [6, 6.07) is 47.1. The summed E-state index contributed by atoms with van der Waals surface area (Å²) in [6.45, 7) is 9.05. The van der Waals surface area contributed by atoms with Gasteiger partial charge in [-0.05, 0) is 122 Å². The van der Waals surface area contributed by atoms with Gasteiger partial charge in [-0.2, -0.15) is 10.2 Å². The van der Waals surface area contributed by atoms with Crippen molar-refractivity contribution >= 4 is 40.2 Å². The maximum atomic E-state index is 13.4. The van der Waals surface area contributed by atoms with E-state index < -0.39 is 16.8 Å². The van der Waals surface area contributed by atoms with Crippen LogP contribution in [0.25, 0.3) is 39.1 Å². The second-order valence-corrected chi connectivity index (χ2v) is 27.0. The van der Waals surface area contributed by atoms with E-state index in [9.17, 15) is 19.2 Å². The molecule has 1 unspecified atom stereocenters. The Morgan fingerprint density at radius 3 is 1.79 bits per heavy atom. The van der Waals surface area contributed by atoms with Gasteiger partial charge in [-0.25, -0.2) is 0 Å². The van der Waals surface area contributed by atoms with Gasteiger partial charge in [0.2, 0.25) is 5.43 Å². The molecule has 0 saturated carbocycles. The normalized spacial score (nSPS) is 17.9. The smallest absolute Gasteiger partial charge is 0.259 e. The maximum absolute atomic E-state index is 13.4. The molecule has 97 heavy (non-hydrogen) atoms. The number of para-hydroxylation sites is 3. The van der Waals surface area contributed by atoms with Gasteiger partial charge in [-0.1, -0.05) is 73.1 Å². The van der Waals surface area contributed by atoms with Crippen LogP contribution in [-0.2, 0) is 49.1 Å². The SMILES string of the molecule is CCc1ccccc1C(=O)N1CCC2(CC1)Oc1ccccc1-c1c2cnn1C.Cc1cc(C(=O)N2CCC3(CC2)Oc2cc(Cl)ccc2-n2cccc23)ccc1OCC1CCCO1.Cn1ncc2c1-c1ccccc1OC21CCN(C(=O)c2cn(C)c3ccccc3c2=O)CC1. The van der Waals surface area contributed by atoms with Gasteiger partial charge in [0.15, 0.2) is 5.60 Å². The summed E-state index contributed by atoms with van der Waals surface area (Å²) >= 11 is 6.26. The molecule has 7 aliphatic heterocycles. The van der Waals surface area contributed by atoms with Crippen molar-refractivity contribution in [3.63, 3.8) is 0 Å². The number of carbonyl (C=O) groups excluding carboxylic acids is 3. The number of rotatable bonds is 7. The van der Waals surface area contributed by atoms with E-state index in [0.717, 1.165) is 142 Å². The summed E-state index contributed by atoms with van der Waals surface area (Å²) in [5.41, 5.74) is 11.6. The Bertz CT molecular complexity index is 4750. The van der Waals surface area contributed by atoms with Crippen molar-refractivity contribution in [3.8, 4) is 51.2 Å². The molecule has 11 heterocycles. The number of aryl methyl sites for hydroxylation is 5. The van der Waals surface area contributed by atoms with Gasteiger partial charge in [0, 0.05) is 168 Å². The van der Waals surface area contributed by atoms with Crippen LogP contribution in [0.1, 0.15) is 117 Å². The molecular formula is C78H78ClN9O9. The number of ether oxygens (including phenoxy) is 5. The summed E-state index contributed by atoms with van der Waals surface area (Å²) in [6.07, 6.45) is 15.0. The Balaban J connectivity index is 0.000000120. The predicted octanol–water partition coefficient (Wildman–Crippen LogP) is 13.2. The molecule has 3 spiro atoms. The predicted molar refractivity (Wildman–Crippen MR) is 371 cm³/mol. The van der Waals surface area contributed by atoms with Crippen molar-refractivity contribution in [3.05, 3.63) is 230 Å². The van der Waals surface area contributed by atoms with Crippen molar-refractivity contribution in [1.29, 1.82) is 0 Å². The standard InChI is InChI=1S/C28H29ClN2O4.C26H24N4O3.C24H25N3O2/c1-19-16-20(6-9-24(19)34-18-22-4-3-15-33-22)27(32)30-13-10-28(11-14-30)26-5-2-12-31(26)23-8-7-21(29)17-25(23)35-28;1-28-16-19(24(31)17-7-3-5-9-21(17)28)25(32)30-13-11-26(12-14-30)20-15-27-29(2)23(20)18-8-4-6-10-22(18)33-26;1-3-17-8-4-5-9-18(17)23(28)27-14-12-24(13-15-27)20-16-25-26(2)22(20)19-10-6-7-11-21(19)29-24/h2,5-9,12,16-17,22H,3-4,10-11,13-15,18H2,1H3;3-10,15-16H,11-14H2,1-2H3;4-11,16H,3,12-15H2,1-2H3. The first-order chi connectivity index (χ1) is 47.1. The van der Waals surface area contributed by atoms with Crippen LogP contribution in [0.5, 0.6) is 23.0 Å². The van der Waals surface area contributed by atoms with Crippen LogP contribution in [0, 0.1) is 6.92 Å². The van der Waals surface area contributed by atoms with Gasteiger partial charge in [0.1, 0.15) is 46.4 Å². The van der Waals surface area contributed by atoms with Gasteiger partial charge in [0.05, 0.1) is 46.8 Å². The first kappa shape index (κ1) is 63.2. The Hall–Kier alpha value is -9.91. The third-order valence-electron chi connectivity index (χ3n) is 20.9. The lowest BCUT2D eigenvalue weighted by molar-refractivity contribution is -0.00937. The van der Waals surface area contributed by atoms with Crippen LogP contribution in [0.2, 0.25) is 5.02 Å². The third kappa shape index (κ3) is 11.4. The minimum absolute atomic E-state index is 0.0447. The van der Waals surface area contributed by atoms with Crippen LogP contribution in [0.4, 0.5) is 0 Å². The lowest BCUT2D eigenvalue weighted by Crippen LogP contribution is -2.50. The zero-order chi connectivity index (χ0) is 66.7. The molecule has 0 radical (unpaired) electrons. The average molecular weight is 1320 g/mol. The fraction of sp³-hybridized carbons (Fsp3) is 0.333. The van der Waals surface area contributed by atoms with Crippen molar-refractivity contribution in [1.82, 2.24) is 43.4 Å². The monoisotopic (exact) mass is 1320 g/mol. The van der Waals surface area contributed by atoms with Crippen molar-refractivity contribution in [2.45, 2.75) is 94.5 Å². The number of aromatic nitrogens is 6. The number of hydrogen-bond acceptors (Lipinski definition) is 11. The maximum Gasteiger partial charge on any atom is 0.259 e. The number of nitrogens with zero attached hydrogens (tertiary/aromatic N) is 9. The minimum Gasteiger partial charge on any atom is -0.491 e. The number of amides is 3. The second kappa shape index (κ2) is 25.6. The molecule has 10 aromatic rings. The van der Waals surface area contributed by atoms with Crippen LogP contribution in [0.15, 0.2) is 175 Å². The zero-order valence-corrected chi connectivity index (χ0v) is 56.1. The number of piperidine rings is 3. The number of benzene rings is 6. The van der Waals surface area contributed by atoms with Crippen LogP contribution in [-0.4, -0.2) is 120 Å². The number of fused-ring (bicyclic) bond motifs is 13. The molecule has 0 aliphatic carbocycles. The van der Waals surface area contributed by atoms with E-state index in [1.807, 2.05) is 186 Å². The molecule has 0 N–H and O–H groups in total. The molecule has 19 heteroatoms. The highest BCUT2D eigenvalue weighted by Crippen LogP contribution is 2.52. The van der Waals surface area contributed by atoms with Crippen LogP contribution >= 0.6 is 11.6 Å². The molecule has 6 aromatic carbocycles. The van der Waals surface area contributed by atoms with E-state index in [2.05, 4.69) is 46.1 Å². The molecule has 4 saturated heterocycles. The minimum atomic E-state index is -0.525. The van der Waals surface area contributed by atoms with Gasteiger partial charge >= 0.3 is 0 Å². The van der Waals surface area contributed by atoms with Gasteiger partial charge in [0.25, 0.3) is 17.7 Å². The molecule has 17 rings (SSSR count). The quantitative estimate of drug-likeness (QED) is 0.149. The van der Waals surface area contributed by atoms with Gasteiger partial charge in [-0.3, -0.25) is 28.5 Å². The van der Waals surface area contributed by atoms with E-state index >= 15 is 0 Å². The summed E-state index contributed by atoms with van der Waals surface area (Å²) < 4.78 is 39.2. The van der Waals surface area contributed by atoms with Gasteiger partial charge < -0.3 is 47.5 Å². The topological polar surface area (TPSA) is 170 Å². The highest BCUT2D eigenvalue weighted by Gasteiger charge is 2.49. The number of pyridine rings is 1. The summed E-state index contributed by atoms with van der Waals surface area (Å²) in [4.78, 5) is 58.6. The number of likely N-dealkylation sites (tertiary alicyclic amines) is 3. The Morgan fingerprint density at radius 2 is 1.18 bits per heavy atom. The molecule has 3 amide bonds. The fourth-order valence-electron chi connectivity index (χ4n) is 15.6. The highest BCUT2D eigenvalue weighted by molar-refractivity contribution is 6.30. The lowest BCUT2D eigenvalue weighted by atomic mass is 9.81. The van der Waals surface area contributed by atoms with Crippen LogP contribution in [0.3, 0.4) is 0 Å². The molecule has 18 nitrogen and oxygen atoms in total. The number of hydrogen-bond donors (Lipinski definition) is 0. The molecular weight excluding hydrogens is 1240 g/mol. The zero-order valence-electron chi connectivity index (χ0n) is 55.3. The first-order valence-corrected chi connectivity index (χ1v) is 34.2. The fourth-order valence-corrected chi connectivity index (χ4v) is 15.7. The first-order valence-electron chi connectivity index (χ1n) is 33.8. The molecule has 0 bridgehead atoms. The van der Waals surface area contributed by atoms with E-state index in [4.69, 9.17) is 35.3 Å². The highest BCUT2D eigenvalue weighted by atomic mass is 35.5. The summed E-state index contributed by atoms with van der Waals surface area (Å²) in [5, 5.41) is 10.3. The Morgan fingerprint density at radius 1 is 0.608 bits per heavy atom. The third-order valence-corrected chi connectivity index (χ3v) is 21.1. The molecule has 4 aromatic heterocycles. The average Bonchev–Trinajstić information content (AvgIpc) is 1.72. The second-order valence-electron chi connectivity index (χ2n) is 26.5. The van der Waals surface area contributed by atoms with E-state index in [0.29, 0.717) is 74.7 Å². The summed E-state index contributed by atoms with van der Waals surface area (Å²) in [7, 11) is 5.79. The largest absolute Gasteiger partial charge is 0.491 e. The Labute approximate surface area is 568 Å². The van der Waals surface area contributed by atoms with Gasteiger partial charge in [-0.15, -0.1) is 0 Å². The number of halogens is 1.